The van der Waals surface area contributed by atoms with Crippen LogP contribution < -0.4 is 5.32 Å². The summed E-state index contributed by atoms with van der Waals surface area (Å²) < 4.78 is 0. The van der Waals surface area contributed by atoms with Crippen molar-refractivity contribution in [2.45, 2.75) is 20.3 Å². The first-order valence-electron chi connectivity index (χ1n) is 6.89. The van der Waals surface area contributed by atoms with E-state index >= 15 is 0 Å². The molecule has 3 nitrogen and oxygen atoms in total. The lowest BCUT2D eigenvalue weighted by atomic mass is 9.96. The summed E-state index contributed by atoms with van der Waals surface area (Å²) in [5.74, 6) is 0. The van der Waals surface area contributed by atoms with Crippen molar-refractivity contribution in [1.29, 1.82) is 0 Å². The van der Waals surface area contributed by atoms with Gasteiger partial charge < -0.3 is 5.32 Å². The van der Waals surface area contributed by atoms with Crippen molar-refractivity contribution >= 4 is 28.9 Å². The molecule has 104 valence electrons. The molecule has 0 fully saturated rings. The molecule has 0 amide bonds. The number of hydrogen-bond donors (Lipinski definition) is 1. The summed E-state index contributed by atoms with van der Waals surface area (Å²) in [5.41, 5.74) is 5.92. The summed E-state index contributed by atoms with van der Waals surface area (Å²) >= 11 is 0. The molecule has 0 aliphatic carbocycles. The maximum absolute atomic E-state index is 4.47. The predicted molar refractivity (Wildman–Crippen MR) is 88.6 cm³/mol. The highest BCUT2D eigenvalue weighted by atomic mass is 14.8. The van der Waals surface area contributed by atoms with E-state index in [0.29, 0.717) is 6.54 Å². The highest BCUT2D eigenvalue weighted by molar-refractivity contribution is 5.94. The SMILES string of the molecule is C=NC/C(C)=C(\CC)c1cc(NC)c2cccnc2c1. The van der Waals surface area contributed by atoms with Gasteiger partial charge in [0.1, 0.15) is 0 Å². The van der Waals surface area contributed by atoms with Crippen LogP contribution in [-0.4, -0.2) is 25.3 Å². The van der Waals surface area contributed by atoms with Crippen molar-refractivity contribution in [3.8, 4) is 0 Å². The largest absolute Gasteiger partial charge is 0.388 e. The van der Waals surface area contributed by atoms with E-state index in [1.807, 2.05) is 19.3 Å². The Morgan fingerprint density at radius 3 is 2.85 bits per heavy atom. The Morgan fingerprint density at radius 2 is 2.20 bits per heavy atom. The molecule has 0 aliphatic rings. The Balaban J connectivity index is 2.65. The van der Waals surface area contributed by atoms with E-state index in [0.717, 1.165) is 23.0 Å². The van der Waals surface area contributed by atoms with E-state index in [9.17, 15) is 0 Å². The molecule has 2 aromatic rings. The topological polar surface area (TPSA) is 37.3 Å². The number of anilines is 1. The molecule has 0 radical (unpaired) electrons. The number of fused-ring (bicyclic) bond motifs is 1. The van der Waals surface area contributed by atoms with Crippen LogP contribution in [0.15, 0.2) is 41.0 Å². The first-order chi connectivity index (χ1) is 9.71. The number of hydrogen-bond acceptors (Lipinski definition) is 3. The van der Waals surface area contributed by atoms with Crippen LogP contribution in [0.25, 0.3) is 16.5 Å². The second-order valence-electron chi connectivity index (χ2n) is 4.84. The fourth-order valence-corrected chi connectivity index (χ4v) is 2.58. The Morgan fingerprint density at radius 1 is 1.40 bits per heavy atom. The van der Waals surface area contributed by atoms with Crippen molar-refractivity contribution < 1.29 is 0 Å². The Hall–Kier alpha value is -2.16. The van der Waals surface area contributed by atoms with Gasteiger partial charge in [0.2, 0.25) is 0 Å². The van der Waals surface area contributed by atoms with E-state index in [1.165, 1.54) is 16.7 Å². The second-order valence-corrected chi connectivity index (χ2v) is 4.84. The molecule has 2 rings (SSSR count). The zero-order valence-corrected chi connectivity index (χ0v) is 12.4. The zero-order valence-electron chi connectivity index (χ0n) is 12.4. The molecule has 1 aromatic carbocycles. The maximum atomic E-state index is 4.47. The van der Waals surface area contributed by atoms with Gasteiger partial charge in [0.05, 0.1) is 12.1 Å². The molecule has 3 heteroatoms. The number of nitrogens with zero attached hydrogens (tertiary/aromatic N) is 2. The summed E-state index contributed by atoms with van der Waals surface area (Å²) in [6.07, 6.45) is 2.81. The average Bonchev–Trinajstić information content (AvgIpc) is 2.47. The van der Waals surface area contributed by atoms with E-state index in [2.05, 4.69) is 54.1 Å². The lowest BCUT2D eigenvalue weighted by Gasteiger charge is -2.13. The van der Waals surface area contributed by atoms with E-state index < -0.39 is 0 Å². The van der Waals surface area contributed by atoms with Gasteiger partial charge in [-0.05, 0) is 61.0 Å². The van der Waals surface area contributed by atoms with Gasteiger partial charge in [0.15, 0.2) is 0 Å². The second kappa shape index (κ2) is 6.33. The van der Waals surface area contributed by atoms with E-state index in [1.54, 1.807) is 0 Å². The van der Waals surface area contributed by atoms with Gasteiger partial charge in [-0.25, -0.2) is 0 Å². The minimum Gasteiger partial charge on any atom is -0.388 e. The lowest BCUT2D eigenvalue weighted by molar-refractivity contribution is 1.11. The molecule has 0 saturated carbocycles. The third-order valence-electron chi connectivity index (χ3n) is 3.56. The van der Waals surface area contributed by atoms with Gasteiger partial charge in [-0.2, -0.15) is 0 Å². The highest BCUT2D eigenvalue weighted by Gasteiger charge is 2.08. The fourth-order valence-electron chi connectivity index (χ4n) is 2.58. The number of aliphatic imine (C=N–C) groups is 1. The number of benzene rings is 1. The van der Waals surface area contributed by atoms with Crippen LogP contribution in [0.5, 0.6) is 0 Å². The zero-order chi connectivity index (χ0) is 14.5. The Bertz CT molecular complexity index is 656. The van der Waals surface area contributed by atoms with Crippen molar-refractivity contribution in [1.82, 2.24) is 4.98 Å². The van der Waals surface area contributed by atoms with E-state index in [4.69, 9.17) is 0 Å². The Kier molecular flexibility index (Phi) is 4.51. The summed E-state index contributed by atoms with van der Waals surface area (Å²) in [5, 5.41) is 4.41. The normalized spacial score (nSPS) is 12.2. The first-order valence-corrected chi connectivity index (χ1v) is 6.89. The lowest BCUT2D eigenvalue weighted by Crippen LogP contribution is -1.96. The monoisotopic (exact) mass is 267 g/mol. The molecule has 1 N–H and O–H groups in total. The van der Waals surface area contributed by atoms with Crippen LogP contribution in [0.3, 0.4) is 0 Å². The quantitative estimate of drug-likeness (QED) is 0.826. The number of rotatable bonds is 5. The van der Waals surface area contributed by atoms with Gasteiger partial charge in [-0.15, -0.1) is 0 Å². The van der Waals surface area contributed by atoms with Crippen molar-refractivity contribution in [3.63, 3.8) is 0 Å². The van der Waals surface area contributed by atoms with Gasteiger partial charge in [-0.1, -0.05) is 6.92 Å². The number of pyridine rings is 1. The standard InChI is InChI=1S/C17H21N3/c1-5-14(12(2)11-18-3)13-9-16(19-4)15-7-6-8-20-17(15)10-13/h6-10,19H,3,5,11H2,1-2,4H3/b14-12+. The van der Waals surface area contributed by atoms with Gasteiger partial charge >= 0.3 is 0 Å². The van der Waals surface area contributed by atoms with Crippen molar-refractivity contribution in [2.24, 2.45) is 4.99 Å². The molecule has 0 aliphatic heterocycles. The van der Waals surface area contributed by atoms with Gasteiger partial charge in [-0.3, -0.25) is 9.98 Å². The molecule has 0 bridgehead atoms. The summed E-state index contributed by atoms with van der Waals surface area (Å²) in [6, 6.07) is 8.40. The Labute approximate surface area is 120 Å². The van der Waals surface area contributed by atoms with Crippen molar-refractivity contribution in [2.75, 3.05) is 18.9 Å². The molecule has 0 atom stereocenters. The molecule has 1 heterocycles. The van der Waals surface area contributed by atoms with Crippen LogP contribution in [-0.2, 0) is 0 Å². The number of nitrogens with one attached hydrogen (secondary N) is 1. The van der Waals surface area contributed by atoms with Crippen LogP contribution in [0.4, 0.5) is 5.69 Å². The third-order valence-corrected chi connectivity index (χ3v) is 3.56. The van der Waals surface area contributed by atoms with Crippen LogP contribution in [0.2, 0.25) is 0 Å². The van der Waals surface area contributed by atoms with Gasteiger partial charge in [0, 0.05) is 24.3 Å². The highest BCUT2D eigenvalue weighted by Crippen LogP contribution is 2.30. The smallest absolute Gasteiger partial charge is 0.0728 e. The minimum absolute atomic E-state index is 0.679. The summed E-state index contributed by atoms with van der Waals surface area (Å²) in [4.78, 5) is 8.47. The fraction of sp³-hybridized carbons (Fsp3) is 0.294. The van der Waals surface area contributed by atoms with Crippen LogP contribution >= 0.6 is 0 Å². The number of allylic oxidation sites excluding steroid dienone is 1. The molecule has 0 spiro atoms. The predicted octanol–water partition coefficient (Wildman–Crippen LogP) is 4.16. The average molecular weight is 267 g/mol. The molecule has 0 unspecified atom stereocenters. The molecular weight excluding hydrogens is 246 g/mol. The third kappa shape index (κ3) is 2.72. The summed E-state index contributed by atoms with van der Waals surface area (Å²) in [7, 11) is 1.94. The molecular formula is C17H21N3. The number of aromatic nitrogens is 1. The maximum Gasteiger partial charge on any atom is 0.0728 e. The van der Waals surface area contributed by atoms with Crippen molar-refractivity contribution in [3.05, 3.63) is 41.6 Å². The molecule has 0 saturated heterocycles. The van der Waals surface area contributed by atoms with E-state index in [-0.39, 0.29) is 0 Å². The minimum atomic E-state index is 0.679. The molecule has 20 heavy (non-hydrogen) atoms. The molecule has 1 aromatic heterocycles. The summed E-state index contributed by atoms with van der Waals surface area (Å²) in [6.45, 7) is 8.56. The first kappa shape index (κ1) is 14.3. The van der Waals surface area contributed by atoms with Crippen LogP contribution in [0.1, 0.15) is 25.8 Å². The van der Waals surface area contributed by atoms with Gasteiger partial charge in [0.25, 0.3) is 0 Å². The van der Waals surface area contributed by atoms with Crippen LogP contribution in [0, 0.1) is 0 Å².